The van der Waals surface area contributed by atoms with Gasteiger partial charge < -0.3 is 20.8 Å². The molecule has 0 saturated carbocycles. The van der Waals surface area contributed by atoms with E-state index >= 15 is 0 Å². The number of esters is 1. The zero-order valence-corrected chi connectivity index (χ0v) is 11.0. The molecule has 6 nitrogen and oxygen atoms in total. The van der Waals surface area contributed by atoms with Gasteiger partial charge in [-0.15, -0.1) is 0 Å². The number of carbonyl (C=O) groups is 1. The number of anilines is 2. The average molecular weight is 279 g/mol. The van der Waals surface area contributed by atoms with E-state index in [0.717, 1.165) is 17.0 Å². The maximum atomic E-state index is 11.6. The summed E-state index contributed by atoms with van der Waals surface area (Å²) in [5, 5.41) is 4.79. The van der Waals surface area contributed by atoms with Gasteiger partial charge in [0.1, 0.15) is 0 Å². The van der Waals surface area contributed by atoms with Crippen LogP contribution in [-0.2, 0) is 11.3 Å². The Morgan fingerprint density at radius 3 is 2.95 bits per heavy atom. The Labute approximate surface area is 113 Å². The van der Waals surface area contributed by atoms with Gasteiger partial charge in [-0.1, -0.05) is 11.3 Å². The highest BCUT2D eigenvalue weighted by Crippen LogP contribution is 2.20. The summed E-state index contributed by atoms with van der Waals surface area (Å²) < 4.78 is 4.70. The molecule has 7 heteroatoms. The van der Waals surface area contributed by atoms with Gasteiger partial charge in [0, 0.05) is 22.4 Å². The van der Waals surface area contributed by atoms with Crippen LogP contribution < -0.4 is 15.9 Å². The fraction of sp³-hybridized carbons (Fsp3) is 0.167. The molecule has 2 rings (SSSR count). The van der Waals surface area contributed by atoms with E-state index in [4.69, 9.17) is 10.5 Å². The summed E-state index contributed by atoms with van der Waals surface area (Å²) in [6.45, 7) is 0.409. The van der Waals surface area contributed by atoms with Gasteiger partial charge in [0.15, 0.2) is 0 Å². The first-order valence-electron chi connectivity index (χ1n) is 5.48. The molecule has 0 aliphatic carbocycles. The van der Waals surface area contributed by atoms with Crippen molar-refractivity contribution >= 4 is 28.7 Å². The number of ether oxygens (including phenoxy) is 1. The molecule has 0 amide bonds. The minimum absolute atomic E-state index is 0.109. The third-order valence-corrected chi connectivity index (χ3v) is 3.21. The van der Waals surface area contributed by atoms with Crippen molar-refractivity contribution in [1.29, 1.82) is 0 Å². The number of H-pyrrole nitrogens is 1. The molecule has 2 aromatic rings. The topological polar surface area (TPSA) is 97.2 Å². The molecule has 1 aromatic carbocycles. The largest absolute Gasteiger partial charge is 0.465 e. The SMILES string of the molecule is COC(=O)c1cc(N)ccc1NCc1csc(=O)[nH]1. The maximum Gasteiger partial charge on any atom is 0.340 e. The average Bonchev–Trinajstić information content (AvgIpc) is 2.82. The van der Waals surface area contributed by atoms with Gasteiger partial charge in [-0.05, 0) is 18.2 Å². The first-order chi connectivity index (χ1) is 9.10. The Balaban J connectivity index is 2.19. The van der Waals surface area contributed by atoms with Crippen molar-refractivity contribution < 1.29 is 9.53 Å². The number of nitrogen functional groups attached to an aromatic ring is 1. The highest BCUT2D eigenvalue weighted by Gasteiger charge is 2.12. The molecule has 0 radical (unpaired) electrons. The van der Waals surface area contributed by atoms with E-state index in [9.17, 15) is 9.59 Å². The van der Waals surface area contributed by atoms with Crippen LogP contribution in [0.4, 0.5) is 11.4 Å². The van der Waals surface area contributed by atoms with Crippen molar-refractivity contribution in [3.05, 3.63) is 44.5 Å². The molecule has 0 saturated heterocycles. The summed E-state index contributed by atoms with van der Waals surface area (Å²) >= 11 is 1.09. The van der Waals surface area contributed by atoms with E-state index in [0.29, 0.717) is 23.5 Å². The van der Waals surface area contributed by atoms with Crippen LogP contribution in [0, 0.1) is 0 Å². The van der Waals surface area contributed by atoms with Crippen LogP contribution in [0.5, 0.6) is 0 Å². The molecule has 1 heterocycles. The molecular weight excluding hydrogens is 266 g/mol. The van der Waals surface area contributed by atoms with Gasteiger partial charge >= 0.3 is 10.8 Å². The predicted molar refractivity (Wildman–Crippen MR) is 74.5 cm³/mol. The normalized spacial score (nSPS) is 10.2. The second kappa shape index (κ2) is 5.57. The van der Waals surface area contributed by atoms with Gasteiger partial charge in [-0.25, -0.2) is 4.79 Å². The van der Waals surface area contributed by atoms with E-state index in [1.807, 2.05) is 0 Å². The zero-order valence-electron chi connectivity index (χ0n) is 10.2. The van der Waals surface area contributed by atoms with Crippen LogP contribution in [0.2, 0.25) is 0 Å². The number of hydrogen-bond donors (Lipinski definition) is 3. The molecule has 4 N–H and O–H groups in total. The summed E-state index contributed by atoms with van der Waals surface area (Å²) in [6, 6.07) is 4.93. The zero-order chi connectivity index (χ0) is 13.8. The summed E-state index contributed by atoms with van der Waals surface area (Å²) in [5.74, 6) is -0.464. The van der Waals surface area contributed by atoms with Crippen LogP contribution in [0.1, 0.15) is 16.1 Å². The maximum absolute atomic E-state index is 11.6. The summed E-state index contributed by atoms with van der Waals surface area (Å²) in [6.07, 6.45) is 0. The first-order valence-corrected chi connectivity index (χ1v) is 6.36. The van der Waals surface area contributed by atoms with Crippen LogP contribution >= 0.6 is 11.3 Å². The predicted octanol–water partition coefficient (Wildman–Crippen LogP) is 1.42. The minimum Gasteiger partial charge on any atom is -0.465 e. The Hall–Kier alpha value is -2.28. The number of aromatic amines is 1. The molecule has 1 aromatic heterocycles. The van der Waals surface area contributed by atoms with Crippen molar-refractivity contribution in [3.8, 4) is 0 Å². The Morgan fingerprint density at radius 2 is 2.32 bits per heavy atom. The van der Waals surface area contributed by atoms with Crippen LogP contribution in [0.15, 0.2) is 28.4 Å². The van der Waals surface area contributed by atoms with E-state index < -0.39 is 5.97 Å². The lowest BCUT2D eigenvalue weighted by molar-refractivity contribution is 0.0602. The molecular formula is C12H13N3O3S. The number of nitrogens with one attached hydrogen (secondary N) is 2. The fourth-order valence-electron chi connectivity index (χ4n) is 1.59. The molecule has 0 fully saturated rings. The smallest absolute Gasteiger partial charge is 0.340 e. The number of hydrogen-bond acceptors (Lipinski definition) is 6. The third kappa shape index (κ3) is 3.14. The Bertz CT molecular complexity index is 648. The quantitative estimate of drug-likeness (QED) is 0.581. The Morgan fingerprint density at radius 1 is 1.53 bits per heavy atom. The van der Waals surface area contributed by atoms with Gasteiger partial charge in [0.05, 0.1) is 19.2 Å². The highest BCUT2D eigenvalue weighted by molar-refractivity contribution is 7.07. The second-order valence-corrected chi connectivity index (χ2v) is 4.67. The summed E-state index contributed by atoms with van der Waals surface area (Å²) in [5.41, 5.74) is 7.85. The molecule has 0 atom stereocenters. The lowest BCUT2D eigenvalue weighted by Crippen LogP contribution is -2.09. The van der Waals surface area contributed by atoms with Crippen molar-refractivity contribution in [2.45, 2.75) is 6.54 Å². The second-order valence-electron chi connectivity index (χ2n) is 3.82. The number of carbonyl (C=O) groups excluding carboxylic acids is 1. The lowest BCUT2D eigenvalue weighted by atomic mass is 10.1. The standard InChI is InChI=1S/C12H13N3O3S/c1-18-11(16)9-4-7(13)2-3-10(9)14-5-8-6-19-12(17)15-8/h2-4,6,14H,5,13H2,1H3,(H,15,17). The number of rotatable bonds is 4. The van der Waals surface area contributed by atoms with Gasteiger partial charge in [0.25, 0.3) is 0 Å². The molecule has 0 unspecified atom stereocenters. The van der Waals surface area contributed by atoms with E-state index in [1.165, 1.54) is 7.11 Å². The van der Waals surface area contributed by atoms with E-state index in [-0.39, 0.29) is 4.87 Å². The van der Waals surface area contributed by atoms with Crippen molar-refractivity contribution in [2.75, 3.05) is 18.2 Å². The van der Waals surface area contributed by atoms with Gasteiger partial charge in [-0.3, -0.25) is 4.79 Å². The van der Waals surface area contributed by atoms with Gasteiger partial charge in [-0.2, -0.15) is 0 Å². The van der Waals surface area contributed by atoms with Crippen LogP contribution in [0.25, 0.3) is 0 Å². The van der Waals surface area contributed by atoms with Crippen molar-refractivity contribution in [3.63, 3.8) is 0 Å². The number of nitrogens with two attached hydrogens (primary N) is 1. The first kappa shape index (κ1) is 13.2. The minimum atomic E-state index is -0.464. The number of methoxy groups -OCH3 is 1. The molecule has 19 heavy (non-hydrogen) atoms. The summed E-state index contributed by atoms with van der Waals surface area (Å²) in [4.78, 5) is 25.2. The number of aromatic nitrogens is 1. The lowest BCUT2D eigenvalue weighted by Gasteiger charge is -2.10. The number of thiazole rings is 1. The van der Waals surface area contributed by atoms with Crippen molar-refractivity contribution in [2.24, 2.45) is 0 Å². The summed E-state index contributed by atoms with van der Waals surface area (Å²) in [7, 11) is 1.31. The molecule has 0 aliphatic rings. The van der Waals surface area contributed by atoms with Crippen LogP contribution in [-0.4, -0.2) is 18.1 Å². The molecule has 0 spiro atoms. The van der Waals surface area contributed by atoms with Gasteiger partial charge in [0.2, 0.25) is 0 Å². The monoisotopic (exact) mass is 279 g/mol. The van der Waals surface area contributed by atoms with E-state index in [1.54, 1.807) is 23.6 Å². The number of benzene rings is 1. The molecule has 0 bridgehead atoms. The Kier molecular flexibility index (Phi) is 3.86. The van der Waals surface area contributed by atoms with Crippen LogP contribution in [0.3, 0.4) is 0 Å². The fourth-order valence-corrected chi connectivity index (χ4v) is 2.17. The molecule has 100 valence electrons. The third-order valence-electron chi connectivity index (χ3n) is 2.49. The van der Waals surface area contributed by atoms with Crippen molar-refractivity contribution in [1.82, 2.24) is 4.98 Å². The molecule has 0 aliphatic heterocycles. The highest BCUT2D eigenvalue weighted by atomic mass is 32.1. The van der Waals surface area contributed by atoms with E-state index in [2.05, 4.69) is 10.3 Å².